The topological polar surface area (TPSA) is 46.2 Å². The summed E-state index contributed by atoms with van der Waals surface area (Å²) in [6.07, 6.45) is 0. The third-order valence-electron chi connectivity index (χ3n) is 5.82. The SMILES string of the molecule is C[SiH](C)O[SiH](O[SiH](O[SiH](O[SiH](O[SiH](C)C)c1ccccc1)c1ccccc1)c1ccccc1)c1ccccc1. The molecule has 4 rings (SSSR count). The molecule has 0 bridgehead atoms. The van der Waals surface area contributed by atoms with Crippen LogP contribution in [0.5, 0.6) is 0 Å². The lowest BCUT2D eigenvalue weighted by Crippen LogP contribution is -2.56. The zero-order valence-electron chi connectivity index (χ0n) is 23.1. The summed E-state index contributed by atoms with van der Waals surface area (Å²) < 4.78 is 34.1. The number of hydrogen-bond acceptors (Lipinski definition) is 5. The van der Waals surface area contributed by atoms with E-state index in [1.165, 1.54) is 0 Å². The van der Waals surface area contributed by atoms with Crippen LogP contribution in [0.25, 0.3) is 0 Å². The van der Waals surface area contributed by atoms with Crippen molar-refractivity contribution in [1.82, 2.24) is 0 Å². The van der Waals surface area contributed by atoms with E-state index in [4.69, 9.17) is 20.6 Å². The molecule has 0 saturated carbocycles. The lowest BCUT2D eigenvalue weighted by atomic mass is 10.4. The predicted octanol–water partition coefficient (Wildman–Crippen LogP) is 1.55. The Hall–Kier alpha value is -2.02. The van der Waals surface area contributed by atoms with Crippen LogP contribution in [-0.4, -0.2) is 55.2 Å². The summed E-state index contributed by atoms with van der Waals surface area (Å²) >= 11 is 0. The van der Waals surface area contributed by atoms with Crippen molar-refractivity contribution in [3.8, 4) is 0 Å². The molecule has 0 radical (unpaired) electrons. The van der Waals surface area contributed by atoms with E-state index < -0.39 is 55.2 Å². The summed E-state index contributed by atoms with van der Waals surface area (Å²) in [4.78, 5) is 0. The molecule has 39 heavy (non-hydrogen) atoms. The summed E-state index contributed by atoms with van der Waals surface area (Å²) in [5, 5.41) is 4.46. The molecule has 0 aliphatic rings. The van der Waals surface area contributed by atoms with Gasteiger partial charge in [-0.15, -0.1) is 0 Å². The lowest BCUT2D eigenvalue weighted by Gasteiger charge is -2.30. The van der Waals surface area contributed by atoms with Crippen molar-refractivity contribution in [3.05, 3.63) is 121 Å². The zero-order valence-corrected chi connectivity index (χ0v) is 30.0. The number of benzene rings is 4. The molecule has 0 heterocycles. The van der Waals surface area contributed by atoms with Crippen molar-refractivity contribution in [3.63, 3.8) is 0 Å². The molecular weight excluding hydrogens is 585 g/mol. The van der Waals surface area contributed by atoms with Crippen LogP contribution in [0.1, 0.15) is 0 Å². The highest BCUT2D eigenvalue weighted by atomic mass is 28.5. The zero-order chi connectivity index (χ0) is 27.5. The molecule has 5 nitrogen and oxygen atoms in total. The van der Waals surface area contributed by atoms with Crippen molar-refractivity contribution >= 4 is 76.0 Å². The Bertz CT molecular complexity index is 1130. The standard InChI is InChI=1S/C28H38O5Si6/c1-34(2)29-36(25-17-9-5-10-18-25)31-38(27-21-13-7-14-22-27)33-39(28-23-15-8-16-24-28)32-37(30-35(3)4)26-19-11-6-12-20-26/h5-24,34-39H,1-4H3. The summed E-state index contributed by atoms with van der Waals surface area (Å²) in [6, 6.07) is 41.4. The molecule has 0 saturated heterocycles. The Morgan fingerprint density at radius 2 is 0.513 bits per heavy atom. The van der Waals surface area contributed by atoms with Gasteiger partial charge in [0.2, 0.25) is 0 Å². The van der Waals surface area contributed by atoms with Crippen molar-refractivity contribution in [1.29, 1.82) is 0 Å². The second-order valence-electron chi connectivity index (χ2n) is 9.75. The van der Waals surface area contributed by atoms with Crippen LogP contribution in [0.15, 0.2) is 121 Å². The van der Waals surface area contributed by atoms with Gasteiger partial charge in [0, 0.05) is 0 Å². The Labute approximate surface area is 243 Å². The molecular formula is C28H38O5Si6. The van der Waals surface area contributed by atoms with Gasteiger partial charge in [0.05, 0.1) is 0 Å². The summed E-state index contributed by atoms with van der Waals surface area (Å²) in [6.45, 7) is 8.78. The van der Waals surface area contributed by atoms with E-state index >= 15 is 0 Å². The molecule has 204 valence electrons. The highest BCUT2D eigenvalue weighted by molar-refractivity contribution is 6.84. The molecule has 0 aliphatic carbocycles. The molecule has 0 amide bonds. The fourth-order valence-corrected chi connectivity index (χ4v) is 21.2. The maximum Gasteiger partial charge on any atom is 0.338 e. The monoisotopic (exact) mass is 622 g/mol. The van der Waals surface area contributed by atoms with Gasteiger partial charge in [-0.25, -0.2) is 0 Å². The Balaban J connectivity index is 1.69. The fourth-order valence-electron chi connectivity index (χ4n) is 4.03. The molecule has 4 aromatic carbocycles. The van der Waals surface area contributed by atoms with Crippen LogP contribution in [0, 0.1) is 0 Å². The maximum absolute atomic E-state index is 7.06. The maximum atomic E-state index is 7.06. The van der Waals surface area contributed by atoms with Gasteiger partial charge < -0.3 is 20.6 Å². The van der Waals surface area contributed by atoms with Gasteiger partial charge >= 0.3 is 37.1 Å². The lowest BCUT2D eigenvalue weighted by molar-refractivity contribution is 0.351. The third kappa shape index (κ3) is 9.54. The van der Waals surface area contributed by atoms with E-state index in [-0.39, 0.29) is 0 Å². The second-order valence-corrected chi connectivity index (χ2v) is 24.7. The van der Waals surface area contributed by atoms with Gasteiger partial charge in [-0.2, -0.15) is 0 Å². The van der Waals surface area contributed by atoms with Crippen LogP contribution in [0.2, 0.25) is 26.2 Å². The Morgan fingerprint density at radius 3 is 0.718 bits per heavy atom. The normalized spacial score (nSPS) is 14.7. The van der Waals surface area contributed by atoms with Crippen molar-refractivity contribution in [2.75, 3.05) is 0 Å². The van der Waals surface area contributed by atoms with Crippen LogP contribution < -0.4 is 20.7 Å². The first-order valence-corrected chi connectivity index (χ1v) is 25.1. The molecule has 0 fully saturated rings. The average Bonchev–Trinajstić information content (AvgIpc) is 2.97. The van der Waals surface area contributed by atoms with Crippen LogP contribution in [-0.2, 0) is 20.6 Å². The van der Waals surface area contributed by atoms with Gasteiger partial charge in [-0.3, -0.25) is 0 Å². The van der Waals surface area contributed by atoms with Crippen molar-refractivity contribution in [2.45, 2.75) is 26.2 Å². The molecule has 4 atom stereocenters. The fraction of sp³-hybridized carbons (Fsp3) is 0.143. The molecule has 0 spiro atoms. The van der Waals surface area contributed by atoms with E-state index in [1.807, 2.05) is 48.5 Å². The van der Waals surface area contributed by atoms with Gasteiger partial charge in [-0.1, -0.05) is 121 Å². The van der Waals surface area contributed by atoms with Crippen molar-refractivity contribution in [2.24, 2.45) is 0 Å². The summed E-state index contributed by atoms with van der Waals surface area (Å²) in [5.41, 5.74) is 0. The first kappa shape index (κ1) is 30.0. The van der Waals surface area contributed by atoms with Gasteiger partial charge in [0.25, 0.3) is 0 Å². The first-order valence-electron chi connectivity index (χ1n) is 13.5. The average molecular weight is 623 g/mol. The molecule has 0 aromatic heterocycles. The first-order chi connectivity index (χ1) is 19.0. The minimum atomic E-state index is -2.42. The molecule has 4 unspecified atom stereocenters. The minimum absolute atomic E-state index is 1.09. The van der Waals surface area contributed by atoms with E-state index in [9.17, 15) is 0 Å². The smallest absolute Gasteiger partial charge is 0.338 e. The molecule has 4 aromatic rings. The largest absolute Gasteiger partial charge is 0.438 e. The number of rotatable bonds is 14. The van der Waals surface area contributed by atoms with E-state index in [0.29, 0.717) is 0 Å². The summed E-state index contributed by atoms with van der Waals surface area (Å²) in [5.74, 6) is 0. The quantitative estimate of drug-likeness (QED) is 0.200. The molecule has 0 aliphatic heterocycles. The minimum Gasteiger partial charge on any atom is -0.438 e. The van der Waals surface area contributed by atoms with E-state index in [1.54, 1.807) is 0 Å². The Kier molecular flexibility index (Phi) is 12.0. The molecule has 0 N–H and O–H groups in total. The Morgan fingerprint density at radius 1 is 0.308 bits per heavy atom. The highest BCUT2D eigenvalue weighted by Gasteiger charge is 2.33. The van der Waals surface area contributed by atoms with Crippen molar-refractivity contribution < 1.29 is 20.6 Å². The van der Waals surface area contributed by atoms with Crippen LogP contribution >= 0.6 is 0 Å². The van der Waals surface area contributed by atoms with Gasteiger partial charge in [0.1, 0.15) is 0 Å². The summed E-state index contributed by atoms with van der Waals surface area (Å²) in [7, 11) is -11.9. The predicted molar refractivity (Wildman–Crippen MR) is 176 cm³/mol. The van der Waals surface area contributed by atoms with Crippen LogP contribution in [0.3, 0.4) is 0 Å². The second kappa shape index (κ2) is 15.7. The van der Waals surface area contributed by atoms with E-state index in [2.05, 4.69) is 99.0 Å². The third-order valence-corrected chi connectivity index (χ3v) is 21.8. The molecule has 11 heteroatoms. The van der Waals surface area contributed by atoms with E-state index in [0.717, 1.165) is 20.7 Å². The van der Waals surface area contributed by atoms with Crippen LogP contribution in [0.4, 0.5) is 0 Å². The highest BCUT2D eigenvalue weighted by Crippen LogP contribution is 2.07. The number of hydrogen-bond donors (Lipinski definition) is 0. The van der Waals surface area contributed by atoms with Gasteiger partial charge in [-0.05, 0) is 46.9 Å². The van der Waals surface area contributed by atoms with Gasteiger partial charge in [0.15, 0.2) is 18.1 Å².